The predicted molar refractivity (Wildman–Crippen MR) is 105 cm³/mol. The second kappa shape index (κ2) is 7.56. The first-order valence-corrected chi connectivity index (χ1v) is 9.10. The minimum Gasteiger partial charge on any atom is -0.459 e. The van der Waals surface area contributed by atoms with Crippen molar-refractivity contribution in [2.75, 3.05) is 0 Å². The topological polar surface area (TPSA) is 71.1 Å². The average Bonchev–Trinajstić information content (AvgIpc) is 3.34. The zero-order valence-electron chi connectivity index (χ0n) is 15.5. The highest BCUT2D eigenvalue weighted by atomic mass is 16.5. The van der Waals surface area contributed by atoms with Gasteiger partial charge in [-0.25, -0.2) is 9.48 Å². The summed E-state index contributed by atoms with van der Waals surface area (Å²) in [7, 11) is 0. The van der Waals surface area contributed by atoms with Crippen LogP contribution in [0.4, 0.5) is 0 Å². The summed E-state index contributed by atoms with van der Waals surface area (Å²) in [5.41, 5.74) is 3.14. The molecule has 0 N–H and O–H groups in total. The maximum Gasteiger partial charge on any atom is 0.329 e. The smallest absolute Gasteiger partial charge is 0.329 e. The lowest BCUT2D eigenvalue weighted by atomic mass is 10.2. The largest absolute Gasteiger partial charge is 0.459 e. The number of esters is 1. The average molecular weight is 376 g/mol. The van der Waals surface area contributed by atoms with Gasteiger partial charge in [0.1, 0.15) is 13.2 Å². The number of para-hydroxylation sites is 2. The van der Waals surface area contributed by atoms with Gasteiger partial charge in [0.15, 0.2) is 0 Å². The van der Waals surface area contributed by atoms with Crippen LogP contribution in [-0.2, 0) is 29.2 Å². The maximum absolute atomic E-state index is 12.6. The number of hydrogen-bond donors (Lipinski definition) is 0. The van der Waals surface area contributed by atoms with Gasteiger partial charge in [-0.2, -0.15) is 5.10 Å². The highest BCUT2D eigenvalue weighted by Gasteiger charge is 2.15. The Hall–Kier alpha value is -3.61. The van der Waals surface area contributed by atoms with Crippen LogP contribution in [0.5, 0.6) is 0 Å². The summed E-state index contributed by atoms with van der Waals surface area (Å²) in [5.74, 6) is -0.447. The number of aromatic nitrogens is 4. The first-order chi connectivity index (χ1) is 13.7. The van der Waals surface area contributed by atoms with E-state index in [2.05, 4.69) is 5.10 Å². The van der Waals surface area contributed by atoms with Crippen LogP contribution >= 0.6 is 0 Å². The van der Waals surface area contributed by atoms with Gasteiger partial charge >= 0.3 is 11.7 Å². The molecule has 0 amide bonds. The number of carbonyl (C=O) groups is 1. The molecule has 0 aliphatic heterocycles. The zero-order chi connectivity index (χ0) is 19.5. The van der Waals surface area contributed by atoms with Crippen LogP contribution < -0.4 is 5.69 Å². The van der Waals surface area contributed by atoms with Gasteiger partial charge in [0.25, 0.3) is 0 Å². The molecule has 0 fully saturated rings. The number of imidazole rings is 1. The standard InChI is InChI=1S/C21H20N4O3/c1-2-23-18-6-3-4-7-19(18)24(21(23)27)14-20(26)28-15-16-8-10-17(11-9-16)25-13-5-12-22-25/h3-13H,2,14-15H2,1H3. The Bertz CT molecular complexity index is 1150. The molecule has 0 spiro atoms. The molecule has 0 bridgehead atoms. The first kappa shape index (κ1) is 17.8. The maximum atomic E-state index is 12.6. The van der Waals surface area contributed by atoms with Crippen LogP contribution in [-0.4, -0.2) is 24.9 Å². The lowest BCUT2D eigenvalue weighted by Gasteiger charge is -2.07. The van der Waals surface area contributed by atoms with E-state index in [0.717, 1.165) is 22.3 Å². The Kier molecular flexibility index (Phi) is 4.80. The van der Waals surface area contributed by atoms with E-state index in [0.29, 0.717) is 6.54 Å². The minimum absolute atomic E-state index is 0.113. The molecule has 0 aliphatic rings. The summed E-state index contributed by atoms with van der Waals surface area (Å²) in [6.45, 7) is 2.49. The molecule has 7 nitrogen and oxygen atoms in total. The van der Waals surface area contributed by atoms with Crippen molar-refractivity contribution in [1.82, 2.24) is 18.9 Å². The van der Waals surface area contributed by atoms with Crippen molar-refractivity contribution in [2.45, 2.75) is 26.6 Å². The van der Waals surface area contributed by atoms with E-state index in [9.17, 15) is 9.59 Å². The molecule has 7 heteroatoms. The van der Waals surface area contributed by atoms with Gasteiger partial charge in [-0.1, -0.05) is 24.3 Å². The number of aryl methyl sites for hydroxylation is 1. The zero-order valence-corrected chi connectivity index (χ0v) is 15.5. The summed E-state index contributed by atoms with van der Waals surface area (Å²) in [6, 6.07) is 16.9. The molecule has 0 aliphatic carbocycles. The third-order valence-corrected chi connectivity index (χ3v) is 4.63. The van der Waals surface area contributed by atoms with Crippen molar-refractivity contribution in [2.24, 2.45) is 0 Å². The van der Waals surface area contributed by atoms with Gasteiger partial charge in [-0.3, -0.25) is 13.9 Å². The SMILES string of the molecule is CCn1c(=O)n(CC(=O)OCc2ccc(-n3cccn3)cc2)c2ccccc21. The molecule has 4 aromatic rings. The fourth-order valence-corrected chi connectivity index (χ4v) is 3.24. The lowest BCUT2D eigenvalue weighted by molar-refractivity contribution is -0.145. The molecule has 0 atom stereocenters. The van der Waals surface area contributed by atoms with Gasteiger partial charge < -0.3 is 4.74 Å². The highest BCUT2D eigenvalue weighted by molar-refractivity contribution is 5.78. The van der Waals surface area contributed by atoms with Crippen molar-refractivity contribution in [3.63, 3.8) is 0 Å². The van der Waals surface area contributed by atoms with Gasteiger partial charge in [0.2, 0.25) is 0 Å². The second-order valence-electron chi connectivity index (χ2n) is 6.38. The Morgan fingerprint density at radius 1 is 1.00 bits per heavy atom. The van der Waals surface area contributed by atoms with E-state index >= 15 is 0 Å². The molecule has 4 rings (SSSR count). The fraction of sp³-hybridized carbons (Fsp3) is 0.190. The predicted octanol–water partition coefficient (Wildman–Crippen LogP) is 2.75. The molecular formula is C21H20N4O3. The van der Waals surface area contributed by atoms with E-state index in [1.807, 2.05) is 67.7 Å². The van der Waals surface area contributed by atoms with Crippen LogP contribution in [0.25, 0.3) is 16.7 Å². The lowest BCUT2D eigenvalue weighted by Crippen LogP contribution is -2.27. The monoisotopic (exact) mass is 376 g/mol. The quantitative estimate of drug-likeness (QED) is 0.485. The van der Waals surface area contributed by atoms with E-state index in [1.165, 1.54) is 4.57 Å². The summed E-state index contributed by atoms with van der Waals surface area (Å²) in [6.07, 6.45) is 3.58. The number of benzene rings is 2. The summed E-state index contributed by atoms with van der Waals surface area (Å²) < 4.78 is 10.2. The molecule has 0 radical (unpaired) electrons. The first-order valence-electron chi connectivity index (χ1n) is 9.10. The van der Waals surface area contributed by atoms with E-state index < -0.39 is 5.97 Å². The summed E-state index contributed by atoms with van der Waals surface area (Å²) in [5, 5.41) is 4.18. The number of ether oxygens (including phenoxy) is 1. The van der Waals surface area contributed by atoms with Gasteiger partial charge in [0, 0.05) is 18.9 Å². The highest BCUT2D eigenvalue weighted by Crippen LogP contribution is 2.13. The van der Waals surface area contributed by atoms with Crippen LogP contribution in [0.15, 0.2) is 71.8 Å². The number of hydrogen-bond acceptors (Lipinski definition) is 4. The molecule has 2 aromatic heterocycles. The van der Waals surface area contributed by atoms with Crippen molar-refractivity contribution >= 4 is 17.0 Å². The van der Waals surface area contributed by atoms with Crippen LogP contribution in [0, 0.1) is 0 Å². The molecule has 2 aromatic carbocycles. The fourth-order valence-electron chi connectivity index (χ4n) is 3.24. The van der Waals surface area contributed by atoms with Crippen molar-refractivity contribution in [1.29, 1.82) is 0 Å². The van der Waals surface area contributed by atoms with Gasteiger partial charge in [0.05, 0.1) is 16.7 Å². The molecule has 0 saturated heterocycles. The van der Waals surface area contributed by atoms with Gasteiger partial charge in [-0.05, 0) is 42.8 Å². The summed E-state index contributed by atoms with van der Waals surface area (Å²) in [4.78, 5) is 24.9. The third kappa shape index (κ3) is 3.34. The number of rotatable bonds is 6. The van der Waals surface area contributed by atoms with Crippen molar-refractivity contribution < 1.29 is 9.53 Å². The van der Waals surface area contributed by atoms with Crippen LogP contribution in [0.2, 0.25) is 0 Å². The van der Waals surface area contributed by atoms with Crippen molar-refractivity contribution in [3.05, 3.63) is 83.0 Å². The molecular weight excluding hydrogens is 356 g/mol. The van der Waals surface area contributed by atoms with Crippen LogP contribution in [0.1, 0.15) is 12.5 Å². The molecule has 0 saturated carbocycles. The molecule has 0 unspecified atom stereocenters. The Labute approximate surface area is 161 Å². The Balaban J connectivity index is 1.45. The second-order valence-corrected chi connectivity index (χ2v) is 6.38. The van der Waals surface area contributed by atoms with Crippen LogP contribution in [0.3, 0.4) is 0 Å². The Morgan fingerprint density at radius 3 is 2.36 bits per heavy atom. The molecule has 2 heterocycles. The van der Waals surface area contributed by atoms with E-state index in [-0.39, 0.29) is 18.8 Å². The molecule has 142 valence electrons. The Morgan fingerprint density at radius 2 is 1.71 bits per heavy atom. The summed E-state index contributed by atoms with van der Waals surface area (Å²) >= 11 is 0. The number of nitrogens with zero attached hydrogens (tertiary/aromatic N) is 4. The molecule has 28 heavy (non-hydrogen) atoms. The minimum atomic E-state index is -0.447. The van der Waals surface area contributed by atoms with Gasteiger partial charge in [-0.15, -0.1) is 0 Å². The number of carbonyl (C=O) groups excluding carboxylic acids is 1. The van der Waals surface area contributed by atoms with Crippen molar-refractivity contribution in [3.8, 4) is 5.69 Å². The normalized spacial score (nSPS) is 11.0. The number of fused-ring (bicyclic) bond motifs is 1. The van der Waals surface area contributed by atoms with E-state index in [1.54, 1.807) is 15.4 Å². The van der Waals surface area contributed by atoms with E-state index in [4.69, 9.17) is 4.74 Å². The third-order valence-electron chi connectivity index (χ3n) is 4.63.